The van der Waals surface area contributed by atoms with Crippen molar-refractivity contribution in [2.75, 3.05) is 21.3 Å². The molecule has 0 aliphatic rings. The normalized spacial score (nSPS) is 11.7. The molecule has 0 aromatic heterocycles. The number of likely N-dealkylation sites (N-methyl/N-ethyl adjacent to an activating group) is 1. The zero-order valence-electron chi connectivity index (χ0n) is 18.4. The van der Waals surface area contributed by atoms with Gasteiger partial charge >= 0.3 is 0 Å². The van der Waals surface area contributed by atoms with Gasteiger partial charge in [0.15, 0.2) is 11.5 Å². The highest BCUT2D eigenvalue weighted by molar-refractivity contribution is 6.36. The second-order valence-electron chi connectivity index (χ2n) is 7.66. The molecular weight excluding hydrogens is 439 g/mol. The number of nitrogens with one attached hydrogen (secondary N) is 1. The van der Waals surface area contributed by atoms with E-state index in [0.717, 1.165) is 5.56 Å². The van der Waals surface area contributed by atoms with Crippen LogP contribution in [0, 0.1) is 5.92 Å². The van der Waals surface area contributed by atoms with E-state index in [9.17, 15) is 9.59 Å². The molecular formula is C23H28Cl2N2O4. The van der Waals surface area contributed by atoms with Crippen LogP contribution < -0.4 is 14.8 Å². The number of benzene rings is 2. The van der Waals surface area contributed by atoms with Gasteiger partial charge in [-0.15, -0.1) is 0 Å². The van der Waals surface area contributed by atoms with Crippen LogP contribution in [0.15, 0.2) is 36.4 Å². The summed E-state index contributed by atoms with van der Waals surface area (Å²) in [5.74, 6) is 0.793. The van der Waals surface area contributed by atoms with Crippen LogP contribution in [0.25, 0.3) is 0 Å². The maximum Gasteiger partial charge on any atom is 0.253 e. The van der Waals surface area contributed by atoms with Crippen LogP contribution in [-0.2, 0) is 11.3 Å². The fourth-order valence-corrected chi connectivity index (χ4v) is 3.69. The maximum absolute atomic E-state index is 13.2. The van der Waals surface area contributed by atoms with Crippen molar-refractivity contribution in [3.63, 3.8) is 0 Å². The minimum absolute atomic E-state index is 0.193. The lowest BCUT2D eigenvalue weighted by Crippen LogP contribution is -2.47. The lowest BCUT2D eigenvalue weighted by atomic mass is 10.0. The van der Waals surface area contributed by atoms with Crippen LogP contribution in [0.2, 0.25) is 10.0 Å². The third-order valence-electron chi connectivity index (χ3n) is 4.73. The van der Waals surface area contributed by atoms with Crippen molar-refractivity contribution in [3.8, 4) is 11.5 Å². The molecule has 2 rings (SSSR count). The van der Waals surface area contributed by atoms with E-state index in [0.29, 0.717) is 29.5 Å². The van der Waals surface area contributed by atoms with Gasteiger partial charge in [0.1, 0.15) is 6.04 Å². The number of hydrogen-bond acceptors (Lipinski definition) is 4. The van der Waals surface area contributed by atoms with Crippen molar-refractivity contribution < 1.29 is 19.1 Å². The van der Waals surface area contributed by atoms with Gasteiger partial charge in [-0.3, -0.25) is 9.59 Å². The summed E-state index contributed by atoms with van der Waals surface area (Å²) in [5.41, 5.74) is 1.15. The van der Waals surface area contributed by atoms with Crippen LogP contribution in [0.3, 0.4) is 0 Å². The molecule has 0 spiro atoms. The molecule has 1 unspecified atom stereocenters. The number of carbonyl (C=O) groups is 2. The van der Waals surface area contributed by atoms with Crippen LogP contribution in [-0.4, -0.2) is 44.0 Å². The topological polar surface area (TPSA) is 67.9 Å². The van der Waals surface area contributed by atoms with Crippen LogP contribution in [0.4, 0.5) is 0 Å². The fraction of sp³-hybridized carbons (Fsp3) is 0.391. The minimum Gasteiger partial charge on any atom is -0.493 e. The number of ether oxygens (including phenoxy) is 2. The van der Waals surface area contributed by atoms with Crippen LogP contribution in [0.1, 0.15) is 36.2 Å². The van der Waals surface area contributed by atoms with Crippen molar-refractivity contribution >= 4 is 35.0 Å². The Kier molecular flexibility index (Phi) is 9.01. The number of carbonyl (C=O) groups excluding carboxylic acids is 2. The predicted molar refractivity (Wildman–Crippen MR) is 123 cm³/mol. The quantitative estimate of drug-likeness (QED) is 0.575. The van der Waals surface area contributed by atoms with Gasteiger partial charge in [-0.05, 0) is 48.2 Å². The van der Waals surface area contributed by atoms with Crippen molar-refractivity contribution in [3.05, 3.63) is 57.6 Å². The van der Waals surface area contributed by atoms with Gasteiger partial charge in [0.05, 0.1) is 24.8 Å². The largest absolute Gasteiger partial charge is 0.493 e. The SMILES string of the molecule is COc1ccc(CN(C)C(=O)C(CC(C)C)NC(=O)c2ccc(Cl)cc2Cl)cc1OC. The molecule has 8 heteroatoms. The maximum atomic E-state index is 13.2. The molecule has 0 radical (unpaired) electrons. The number of nitrogens with zero attached hydrogens (tertiary/aromatic N) is 1. The Morgan fingerprint density at radius 1 is 1.03 bits per heavy atom. The Morgan fingerprint density at radius 3 is 2.29 bits per heavy atom. The first-order valence-electron chi connectivity index (χ1n) is 9.88. The summed E-state index contributed by atoms with van der Waals surface area (Å²) in [4.78, 5) is 27.5. The van der Waals surface area contributed by atoms with Crippen molar-refractivity contribution in [1.82, 2.24) is 10.2 Å². The molecule has 1 atom stereocenters. The summed E-state index contributed by atoms with van der Waals surface area (Å²) in [7, 11) is 4.83. The number of halogens is 2. The van der Waals surface area contributed by atoms with Gasteiger partial charge in [-0.1, -0.05) is 43.1 Å². The van der Waals surface area contributed by atoms with Crippen LogP contribution >= 0.6 is 23.2 Å². The number of rotatable bonds is 9. The third-order valence-corrected chi connectivity index (χ3v) is 5.28. The van der Waals surface area contributed by atoms with Gasteiger partial charge in [-0.25, -0.2) is 0 Å². The van der Waals surface area contributed by atoms with Gasteiger partial charge in [0.2, 0.25) is 5.91 Å². The van der Waals surface area contributed by atoms with Gasteiger partial charge in [0, 0.05) is 18.6 Å². The van der Waals surface area contributed by atoms with E-state index >= 15 is 0 Å². The van der Waals surface area contributed by atoms with Crippen molar-refractivity contribution in [2.45, 2.75) is 32.9 Å². The molecule has 0 aliphatic heterocycles. The molecule has 0 saturated carbocycles. The zero-order chi connectivity index (χ0) is 23.1. The van der Waals surface area contributed by atoms with E-state index in [4.69, 9.17) is 32.7 Å². The highest BCUT2D eigenvalue weighted by atomic mass is 35.5. The molecule has 0 heterocycles. The first-order valence-corrected chi connectivity index (χ1v) is 10.6. The lowest BCUT2D eigenvalue weighted by molar-refractivity contribution is -0.132. The van der Waals surface area contributed by atoms with Gasteiger partial charge < -0.3 is 19.7 Å². The predicted octanol–water partition coefficient (Wildman–Crippen LogP) is 4.81. The Bertz CT molecular complexity index is 934. The summed E-state index contributed by atoms with van der Waals surface area (Å²) >= 11 is 12.1. The Hall–Kier alpha value is -2.44. The van der Waals surface area contributed by atoms with Crippen molar-refractivity contribution in [1.29, 1.82) is 0 Å². The average molecular weight is 467 g/mol. The highest BCUT2D eigenvalue weighted by Gasteiger charge is 2.26. The van der Waals surface area contributed by atoms with Crippen molar-refractivity contribution in [2.24, 2.45) is 5.92 Å². The number of amides is 2. The van der Waals surface area contributed by atoms with E-state index in [2.05, 4.69) is 5.32 Å². The summed E-state index contributed by atoms with van der Waals surface area (Å²) in [6.45, 7) is 4.34. The summed E-state index contributed by atoms with van der Waals surface area (Å²) < 4.78 is 10.6. The molecule has 2 aromatic carbocycles. The summed E-state index contributed by atoms with van der Waals surface area (Å²) in [6.07, 6.45) is 0.492. The lowest BCUT2D eigenvalue weighted by Gasteiger charge is -2.26. The van der Waals surface area contributed by atoms with Gasteiger partial charge in [-0.2, -0.15) is 0 Å². The second-order valence-corrected chi connectivity index (χ2v) is 8.51. The number of hydrogen-bond donors (Lipinski definition) is 1. The molecule has 0 saturated heterocycles. The summed E-state index contributed by atoms with van der Waals surface area (Å²) in [5, 5.41) is 3.50. The van der Waals surface area contributed by atoms with Gasteiger partial charge in [0.25, 0.3) is 5.91 Å². The van der Waals surface area contributed by atoms with E-state index in [-0.39, 0.29) is 22.4 Å². The minimum atomic E-state index is -0.690. The second kappa shape index (κ2) is 11.3. The average Bonchev–Trinajstić information content (AvgIpc) is 2.72. The van der Waals surface area contributed by atoms with E-state index in [1.807, 2.05) is 26.0 Å². The number of methoxy groups -OCH3 is 2. The molecule has 6 nitrogen and oxygen atoms in total. The Balaban J connectivity index is 2.17. The fourth-order valence-electron chi connectivity index (χ4n) is 3.20. The Labute approximate surface area is 193 Å². The van der Waals surface area contributed by atoms with E-state index in [1.54, 1.807) is 44.4 Å². The Morgan fingerprint density at radius 2 is 1.71 bits per heavy atom. The molecule has 2 aromatic rings. The molecule has 0 bridgehead atoms. The summed E-state index contributed by atoms with van der Waals surface area (Å²) in [6, 6.07) is 9.43. The molecule has 2 amide bonds. The first-order chi connectivity index (χ1) is 14.7. The van der Waals surface area contributed by atoms with E-state index in [1.165, 1.54) is 6.07 Å². The van der Waals surface area contributed by atoms with E-state index < -0.39 is 11.9 Å². The first kappa shape index (κ1) is 24.8. The molecule has 168 valence electrons. The van der Waals surface area contributed by atoms with Crippen LogP contribution in [0.5, 0.6) is 11.5 Å². The monoisotopic (exact) mass is 466 g/mol. The smallest absolute Gasteiger partial charge is 0.253 e. The third kappa shape index (κ3) is 6.77. The molecule has 31 heavy (non-hydrogen) atoms. The molecule has 0 fully saturated rings. The standard InChI is InChI=1S/C23H28Cl2N2O4/c1-14(2)10-19(26-22(28)17-8-7-16(24)12-18(17)25)23(29)27(3)13-15-6-9-20(30-4)21(11-15)31-5/h6-9,11-12,14,19H,10,13H2,1-5H3,(H,26,28). The highest BCUT2D eigenvalue weighted by Crippen LogP contribution is 2.28. The molecule has 1 N–H and O–H groups in total. The molecule has 0 aliphatic carbocycles. The zero-order valence-corrected chi connectivity index (χ0v) is 19.9.